The zero-order chi connectivity index (χ0) is 15.4. The lowest BCUT2D eigenvalue weighted by Crippen LogP contribution is -2.41. The van der Waals surface area contributed by atoms with Gasteiger partial charge in [0, 0.05) is 43.3 Å². The highest BCUT2D eigenvalue weighted by molar-refractivity contribution is 6.30. The van der Waals surface area contributed by atoms with Crippen LogP contribution in [-0.2, 0) is 0 Å². The van der Waals surface area contributed by atoms with Crippen LogP contribution in [0.15, 0.2) is 48.8 Å². The number of hydrogen-bond donors (Lipinski definition) is 0. The summed E-state index contributed by atoms with van der Waals surface area (Å²) in [5, 5.41) is 0.698. The van der Waals surface area contributed by atoms with Gasteiger partial charge in [0.25, 0.3) is 5.91 Å². The molecule has 1 fully saturated rings. The molecule has 0 unspecified atom stereocenters. The molecule has 0 spiro atoms. The lowest BCUT2D eigenvalue weighted by molar-refractivity contribution is 0.0595. The third kappa shape index (κ3) is 3.57. The van der Waals surface area contributed by atoms with E-state index in [-0.39, 0.29) is 12.0 Å². The number of nitrogens with zero attached hydrogens (tertiary/aromatic N) is 2. The third-order valence-electron chi connectivity index (χ3n) is 3.75. The van der Waals surface area contributed by atoms with Crippen molar-refractivity contribution in [3.05, 3.63) is 59.4 Å². The van der Waals surface area contributed by atoms with E-state index < -0.39 is 0 Å². The van der Waals surface area contributed by atoms with Crippen LogP contribution in [0.25, 0.3) is 0 Å². The summed E-state index contributed by atoms with van der Waals surface area (Å²) in [5.41, 5.74) is 0.638. The molecule has 0 atom stereocenters. The third-order valence-corrected chi connectivity index (χ3v) is 4.01. The van der Waals surface area contributed by atoms with Crippen LogP contribution in [0, 0.1) is 0 Å². The first-order valence-corrected chi connectivity index (χ1v) is 7.72. The van der Waals surface area contributed by atoms with Crippen LogP contribution in [0.5, 0.6) is 5.75 Å². The Balaban J connectivity index is 1.54. The second kappa shape index (κ2) is 6.79. The molecule has 0 saturated carbocycles. The summed E-state index contributed by atoms with van der Waals surface area (Å²) < 4.78 is 5.94. The highest BCUT2D eigenvalue weighted by Crippen LogP contribution is 2.21. The number of amides is 1. The van der Waals surface area contributed by atoms with E-state index in [2.05, 4.69) is 4.98 Å². The van der Waals surface area contributed by atoms with Crippen molar-refractivity contribution in [2.75, 3.05) is 13.1 Å². The van der Waals surface area contributed by atoms with Crippen molar-refractivity contribution in [2.24, 2.45) is 0 Å². The van der Waals surface area contributed by atoms with Crippen LogP contribution in [0.3, 0.4) is 0 Å². The Morgan fingerprint density at radius 1 is 1.18 bits per heavy atom. The van der Waals surface area contributed by atoms with Crippen molar-refractivity contribution < 1.29 is 9.53 Å². The highest BCUT2D eigenvalue weighted by Gasteiger charge is 2.24. The summed E-state index contributed by atoms with van der Waals surface area (Å²) in [7, 11) is 0. The average Bonchev–Trinajstić information content (AvgIpc) is 2.58. The summed E-state index contributed by atoms with van der Waals surface area (Å²) >= 11 is 5.86. The molecule has 1 saturated heterocycles. The number of piperidine rings is 1. The van der Waals surface area contributed by atoms with Gasteiger partial charge in [-0.1, -0.05) is 11.6 Å². The number of rotatable bonds is 3. The second-order valence-electron chi connectivity index (χ2n) is 5.31. The maximum absolute atomic E-state index is 12.3. The first-order chi connectivity index (χ1) is 10.7. The van der Waals surface area contributed by atoms with Gasteiger partial charge < -0.3 is 9.64 Å². The van der Waals surface area contributed by atoms with Gasteiger partial charge in [-0.25, -0.2) is 0 Å². The molecule has 1 amide bonds. The minimum absolute atomic E-state index is 0.0399. The summed E-state index contributed by atoms with van der Waals surface area (Å²) in [5.74, 6) is 0.861. The number of hydrogen-bond acceptors (Lipinski definition) is 3. The predicted octanol–water partition coefficient (Wildman–Crippen LogP) is 3.42. The lowest BCUT2D eigenvalue weighted by atomic mass is 10.1. The van der Waals surface area contributed by atoms with E-state index in [9.17, 15) is 4.79 Å². The molecule has 114 valence electrons. The molecule has 4 nitrogen and oxygen atoms in total. The Bertz CT molecular complexity index is 623. The van der Waals surface area contributed by atoms with E-state index in [1.165, 1.54) is 0 Å². The van der Waals surface area contributed by atoms with Gasteiger partial charge >= 0.3 is 0 Å². The zero-order valence-electron chi connectivity index (χ0n) is 12.1. The fourth-order valence-corrected chi connectivity index (χ4v) is 2.68. The Hall–Kier alpha value is -2.07. The average molecular weight is 317 g/mol. The molecule has 2 heterocycles. The highest BCUT2D eigenvalue weighted by atomic mass is 35.5. The smallest absolute Gasteiger partial charge is 0.255 e. The molecule has 2 aromatic rings. The van der Waals surface area contributed by atoms with Crippen LogP contribution in [-0.4, -0.2) is 35.0 Å². The Morgan fingerprint density at radius 3 is 2.55 bits per heavy atom. The van der Waals surface area contributed by atoms with Crippen molar-refractivity contribution in [1.82, 2.24) is 9.88 Å². The molecule has 5 heteroatoms. The first kappa shape index (κ1) is 14.9. The largest absolute Gasteiger partial charge is 0.490 e. The van der Waals surface area contributed by atoms with Crippen LogP contribution < -0.4 is 4.74 Å². The molecule has 1 aliphatic rings. The molecular formula is C17H17ClN2O2. The number of aromatic nitrogens is 1. The SMILES string of the molecule is O=C(c1cccnc1)N1CCC(Oc2ccc(Cl)cc2)CC1. The van der Waals surface area contributed by atoms with Gasteiger partial charge in [0.15, 0.2) is 0 Å². The van der Waals surface area contributed by atoms with E-state index in [1.807, 2.05) is 29.2 Å². The van der Waals surface area contributed by atoms with Gasteiger partial charge in [0.2, 0.25) is 0 Å². The number of halogens is 1. The number of carbonyl (C=O) groups excluding carboxylic acids is 1. The molecule has 1 aromatic heterocycles. The van der Waals surface area contributed by atoms with Gasteiger partial charge in [-0.05, 0) is 36.4 Å². The maximum atomic E-state index is 12.3. The van der Waals surface area contributed by atoms with E-state index in [4.69, 9.17) is 16.3 Å². The Kier molecular flexibility index (Phi) is 4.59. The molecule has 0 radical (unpaired) electrons. The fourth-order valence-electron chi connectivity index (χ4n) is 2.55. The zero-order valence-corrected chi connectivity index (χ0v) is 12.9. The number of pyridine rings is 1. The van der Waals surface area contributed by atoms with Crippen molar-refractivity contribution in [2.45, 2.75) is 18.9 Å². The van der Waals surface area contributed by atoms with E-state index in [1.54, 1.807) is 24.5 Å². The van der Waals surface area contributed by atoms with Gasteiger partial charge in [-0.2, -0.15) is 0 Å². The molecule has 1 aliphatic heterocycles. The maximum Gasteiger partial charge on any atom is 0.255 e. The van der Waals surface area contributed by atoms with Gasteiger partial charge in [0.05, 0.1) is 5.56 Å². The summed E-state index contributed by atoms with van der Waals surface area (Å²) in [4.78, 5) is 18.2. The molecule has 22 heavy (non-hydrogen) atoms. The fraction of sp³-hybridized carbons (Fsp3) is 0.294. The van der Waals surface area contributed by atoms with Crippen LogP contribution >= 0.6 is 11.6 Å². The summed E-state index contributed by atoms with van der Waals surface area (Å²) in [6, 6.07) is 11.0. The minimum atomic E-state index is 0.0399. The first-order valence-electron chi connectivity index (χ1n) is 7.34. The van der Waals surface area contributed by atoms with Crippen molar-refractivity contribution in [3.8, 4) is 5.75 Å². The normalized spacial score (nSPS) is 15.6. The monoisotopic (exact) mass is 316 g/mol. The van der Waals surface area contributed by atoms with Crippen molar-refractivity contribution in [1.29, 1.82) is 0 Å². The second-order valence-corrected chi connectivity index (χ2v) is 5.74. The van der Waals surface area contributed by atoms with Crippen LogP contribution in [0.1, 0.15) is 23.2 Å². The van der Waals surface area contributed by atoms with Gasteiger partial charge in [-0.15, -0.1) is 0 Å². The standard InChI is InChI=1S/C17H17ClN2O2/c18-14-3-5-15(6-4-14)22-16-7-10-20(11-8-16)17(21)13-2-1-9-19-12-13/h1-6,9,12,16H,7-8,10-11H2. The number of likely N-dealkylation sites (tertiary alicyclic amines) is 1. The topological polar surface area (TPSA) is 42.4 Å². The predicted molar refractivity (Wildman–Crippen MR) is 85.2 cm³/mol. The number of benzene rings is 1. The minimum Gasteiger partial charge on any atom is -0.490 e. The molecule has 0 N–H and O–H groups in total. The van der Waals surface area contributed by atoms with Crippen molar-refractivity contribution in [3.63, 3.8) is 0 Å². The molecule has 1 aromatic carbocycles. The molecular weight excluding hydrogens is 300 g/mol. The van der Waals surface area contributed by atoms with Gasteiger partial charge in [-0.3, -0.25) is 9.78 Å². The van der Waals surface area contributed by atoms with E-state index in [0.29, 0.717) is 23.7 Å². The quantitative estimate of drug-likeness (QED) is 0.871. The molecule has 0 bridgehead atoms. The molecule has 3 rings (SSSR count). The van der Waals surface area contributed by atoms with E-state index >= 15 is 0 Å². The van der Waals surface area contributed by atoms with Crippen LogP contribution in [0.4, 0.5) is 0 Å². The van der Waals surface area contributed by atoms with Crippen molar-refractivity contribution >= 4 is 17.5 Å². The van der Waals surface area contributed by atoms with E-state index in [0.717, 1.165) is 18.6 Å². The Labute approximate surface area is 134 Å². The van der Waals surface area contributed by atoms with Crippen LogP contribution in [0.2, 0.25) is 5.02 Å². The van der Waals surface area contributed by atoms with Gasteiger partial charge in [0.1, 0.15) is 11.9 Å². The Morgan fingerprint density at radius 2 is 1.91 bits per heavy atom. The molecule has 0 aliphatic carbocycles. The number of ether oxygens (including phenoxy) is 1. The lowest BCUT2D eigenvalue weighted by Gasteiger charge is -2.32. The summed E-state index contributed by atoms with van der Waals surface area (Å²) in [6.07, 6.45) is 5.07. The number of carbonyl (C=O) groups is 1. The summed E-state index contributed by atoms with van der Waals surface area (Å²) in [6.45, 7) is 1.40.